The molecule has 7 nitrogen and oxygen atoms in total. The van der Waals surface area contributed by atoms with E-state index in [0.717, 1.165) is 12.8 Å². The van der Waals surface area contributed by atoms with Gasteiger partial charge in [0.2, 0.25) is 5.91 Å². The first kappa shape index (κ1) is 18.5. The molecule has 3 heterocycles. The molecule has 7 heteroatoms. The number of likely N-dealkylation sites (tertiary alicyclic amines) is 2. The number of amides is 2. The lowest BCUT2D eigenvalue weighted by atomic mass is 9.92. The predicted molar refractivity (Wildman–Crippen MR) is 93.3 cm³/mol. The van der Waals surface area contributed by atoms with E-state index >= 15 is 0 Å². The van der Waals surface area contributed by atoms with Crippen LogP contribution in [0.4, 0.5) is 0 Å². The molecule has 0 unspecified atom stereocenters. The summed E-state index contributed by atoms with van der Waals surface area (Å²) in [6, 6.07) is 3.35. The summed E-state index contributed by atoms with van der Waals surface area (Å²) in [5.74, 6) is -0.192. The first-order chi connectivity index (χ1) is 12.6. The summed E-state index contributed by atoms with van der Waals surface area (Å²) >= 11 is 0. The smallest absolute Gasteiger partial charge is 0.310 e. The zero-order chi connectivity index (χ0) is 18.5. The Morgan fingerprint density at radius 3 is 2.54 bits per heavy atom. The fraction of sp³-hybridized carbons (Fsp3) is 0.632. The number of carbonyl (C=O) groups excluding carboxylic acids is 3. The molecule has 0 spiro atoms. The van der Waals surface area contributed by atoms with Crippen molar-refractivity contribution < 1.29 is 23.5 Å². The monoisotopic (exact) mass is 362 g/mol. The van der Waals surface area contributed by atoms with E-state index in [4.69, 9.17) is 9.15 Å². The third-order valence-corrected chi connectivity index (χ3v) is 5.22. The average Bonchev–Trinajstić information content (AvgIpc) is 3.22. The van der Waals surface area contributed by atoms with Crippen LogP contribution < -0.4 is 0 Å². The Balaban J connectivity index is 1.51. The fourth-order valence-corrected chi connectivity index (χ4v) is 3.77. The zero-order valence-corrected chi connectivity index (χ0v) is 15.2. The van der Waals surface area contributed by atoms with Crippen LogP contribution in [0.1, 0.15) is 43.2 Å². The van der Waals surface area contributed by atoms with Crippen molar-refractivity contribution in [2.75, 3.05) is 32.8 Å². The van der Waals surface area contributed by atoms with Crippen LogP contribution in [0.25, 0.3) is 0 Å². The van der Waals surface area contributed by atoms with Gasteiger partial charge in [0.1, 0.15) is 0 Å². The van der Waals surface area contributed by atoms with Gasteiger partial charge in [0.05, 0.1) is 18.8 Å². The number of esters is 1. The number of nitrogens with zero attached hydrogens (tertiary/aromatic N) is 2. The number of furan rings is 1. The van der Waals surface area contributed by atoms with E-state index in [-0.39, 0.29) is 29.6 Å². The maximum absolute atomic E-state index is 12.8. The molecule has 0 aromatic carbocycles. The number of hydrogen-bond acceptors (Lipinski definition) is 5. The molecule has 1 atom stereocenters. The molecule has 2 amide bonds. The Kier molecular flexibility index (Phi) is 5.96. The lowest BCUT2D eigenvalue weighted by Crippen LogP contribution is -2.48. The molecule has 142 valence electrons. The van der Waals surface area contributed by atoms with Crippen LogP contribution in [0.15, 0.2) is 22.8 Å². The topological polar surface area (TPSA) is 80.1 Å². The van der Waals surface area contributed by atoms with Gasteiger partial charge in [-0.05, 0) is 44.7 Å². The Labute approximate surface area is 153 Å². The van der Waals surface area contributed by atoms with Crippen molar-refractivity contribution >= 4 is 17.8 Å². The standard InChI is InChI=1S/C19H26N2O5/c1-2-25-19(24)15-5-3-9-21(13-15)17(22)14-7-10-20(11-8-14)18(23)16-6-4-12-26-16/h4,6,12,14-15H,2-3,5,7-11,13H2,1H3/t15-/m1/s1. The number of hydrogen-bond donors (Lipinski definition) is 0. The average molecular weight is 362 g/mol. The molecule has 2 aliphatic rings. The Morgan fingerprint density at radius 1 is 1.12 bits per heavy atom. The second-order valence-corrected chi connectivity index (χ2v) is 6.92. The van der Waals surface area contributed by atoms with Crippen LogP contribution in [-0.4, -0.2) is 60.4 Å². The lowest BCUT2D eigenvalue weighted by Gasteiger charge is -2.37. The molecule has 2 aliphatic heterocycles. The minimum atomic E-state index is -0.215. The molecule has 1 aromatic heterocycles. The maximum Gasteiger partial charge on any atom is 0.310 e. The molecule has 3 rings (SSSR count). The minimum absolute atomic E-state index is 0.0865. The van der Waals surface area contributed by atoms with Gasteiger partial charge in [-0.1, -0.05) is 0 Å². The number of carbonyl (C=O) groups is 3. The number of ether oxygens (including phenoxy) is 1. The molecule has 1 aromatic rings. The molecule has 2 saturated heterocycles. The highest BCUT2D eigenvalue weighted by molar-refractivity contribution is 5.91. The fourth-order valence-electron chi connectivity index (χ4n) is 3.77. The summed E-state index contributed by atoms with van der Waals surface area (Å²) < 4.78 is 10.3. The molecule has 0 aliphatic carbocycles. The lowest BCUT2D eigenvalue weighted by molar-refractivity contribution is -0.152. The highest BCUT2D eigenvalue weighted by Crippen LogP contribution is 2.25. The highest BCUT2D eigenvalue weighted by Gasteiger charge is 2.35. The molecule has 0 N–H and O–H groups in total. The summed E-state index contributed by atoms with van der Waals surface area (Å²) in [5.41, 5.74) is 0. The van der Waals surface area contributed by atoms with Gasteiger partial charge in [0.15, 0.2) is 5.76 Å². The number of rotatable bonds is 4. The van der Waals surface area contributed by atoms with E-state index in [2.05, 4.69) is 0 Å². The van der Waals surface area contributed by atoms with Crippen molar-refractivity contribution in [2.45, 2.75) is 32.6 Å². The Hall–Kier alpha value is -2.31. The second-order valence-electron chi connectivity index (χ2n) is 6.92. The van der Waals surface area contributed by atoms with E-state index in [1.807, 2.05) is 0 Å². The van der Waals surface area contributed by atoms with E-state index in [1.165, 1.54) is 6.26 Å². The van der Waals surface area contributed by atoms with Gasteiger partial charge < -0.3 is 19.0 Å². The van der Waals surface area contributed by atoms with E-state index in [1.54, 1.807) is 28.9 Å². The van der Waals surface area contributed by atoms with Crippen molar-refractivity contribution in [3.05, 3.63) is 24.2 Å². The molecular weight excluding hydrogens is 336 g/mol. The maximum atomic E-state index is 12.8. The molecule has 26 heavy (non-hydrogen) atoms. The third-order valence-electron chi connectivity index (χ3n) is 5.22. The van der Waals surface area contributed by atoms with Gasteiger partial charge in [0.25, 0.3) is 5.91 Å². The van der Waals surface area contributed by atoms with E-state index < -0.39 is 0 Å². The van der Waals surface area contributed by atoms with Crippen LogP contribution in [0.3, 0.4) is 0 Å². The van der Waals surface area contributed by atoms with Crippen LogP contribution in [-0.2, 0) is 14.3 Å². The SMILES string of the molecule is CCOC(=O)[C@@H]1CCCN(C(=O)C2CCN(C(=O)c3ccco3)CC2)C1. The van der Waals surface area contributed by atoms with Crippen molar-refractivity contribution in [3.8, 4) is 0 Å². The zero-order valence-electron chi connectivity index (χ0n) is 15.2. The first-order valence-electron chi connectivity index (χ1n) is 9.38. The summed E-state index contributed by atoms with van der Waals surface area (Å²) in [5, 5.41) is 0. The van der Waals surface area contributed by atoms with Crippen molar-refractivity contribution in [3.63, 3.8) is 0 Å². The summed E-state index contributed by atoms with van der Waals surface area (Å²) in [6.45, 7) is 4.40. The van der Waals surface area contributed by atoms with Crippen molar-refractivity contribution in [1.29, 1.82) is 0 Å². The van der Waals surface area contributed by atoms with Gasteiger partial charge >= 0.3 is 5.97 Å². The van der Waals surface area contributed by atoms with Crippen molar-refractivity contribution in [2.24, 2.45) is 11.8 Å². The van der Waals surface area contributed by atoms with Gasteiger partial charge in [-0.3, -0.25) is 14.4 Å². The van der Waals surface area contributed by atoms with Crippen LogP contribution in [0.2, 0.25) is 0 Å². The van der Waals surface area contributed by atoms with Crippen LogP contribution in [0.5, 0.6) is 0 Å². The Morgan fingerprint density at radius 2 is 1.88 bits per heavy atom. The predicted octanol–water partition coefficient (Wildman–Crippen LogP) is 1.93. The van der Waals surface area contributed by atoms with Gasteiger partial charge in [-0.15, -0.1) is 0 Å². The summed E-state index contributed by atoms with van der Waals surface area (Å²) in [7, 11) is 0. The van der Waals surface area contributed by atoms with Gasteiger partial charge in [-0.2, -0.15) is 0 Å². The van der Waals surface area contributed by atoms with Gasteiger partial charge in [-0.25, -0.2) is 0 Å². The highest BCUT2D eigenvalue weighted by atomic mass is 16.5. The summed E-state index contributed by atoms with van der Waals surface area (Å²) in [4.78, 5) is 40.6. The van der Waals surface area contributed by atoms with Crippen LogP contribution in [0, 0.1) is 11.8 Å². The van der Waals surface area contributed by atoms with E-state index in [0.29, 0.717) is 51.4 Å². The molecule has 2 fully saturated rings. The van der Waals surface area contributed by atoms with E-state index in [9.17, 15) is 14.4 Å². The van der Waals surface area contributed by atoms with Crippen molar-refractivity contribution in [1.82, 2.24) is 9.80 Å². The Bertz CT molecular complexity index is 634. The molecule has 0 bridgehead atoms. The van der Waals surface area contributed by atoms with Crippen LogP contribution >= 0.6 is 0 Å². The molecule has 0 radical (unpaired) electrons. The normalized spacial score (nSPS) is 21.5. The third kappa shape index (κ3) is 4.08. The quantitative estimate of drug-likeness (QED) is 0.765. The number of piperidine rings is 2. The largest absolute Gasteiger partial charge is 0.466 e. The summed E-state index contributed by atoms with van der Waals surface area (Å²) in [6.07, 6.45) is 4.38. The van der Waals surface area contributed by atoms with Gasteiger partial charge in [0, 0.05) is 32.1 Å². The first-order valence-corrected chi connectivity index (χ1v) is 9.38. The minimum Gasteiger partial charge on any atom is -0.466 e. The molecule has 0 saturated carbocycles. The second kappa shape index (κ2) is 8.38. The molecular formula is C19H26N2O5.